The maximum Gasteiger partial charge on any atom is 0.320 e. The fourth-order valence-electron chi connectivity index (χ4n) is 5.23. The Balaban J connectivity index is 1.66. The first-order valence-corrected chi connectivity index (χ1v) is 14.6. The van der Waals surface area contributed by atoms with Gasteiger partial charge in [-0.2, -0.15) is 0 Å². The monoisotopic (exact) mass is 530 g/mol. The average molecular weight is 531 g/mol. The summed E-state index contributed by atoms with van der Waals surface area (Å²) in [5, 5.41) is 23.5. The van der Waals surface area contributed by atoms with Gasteiger partial charge >= 0.3 is 6.03 Å². The maximum absolute atomic E-state index is 13.3. The normalized spacial score (nSPS) is 34.2. The number of ketones is 1. The van der Waals surface area contributed by atoms with E-state index in [1.54, 1.807) is 6.08 Å². The number of nitrogens with zero attached hydrogens (tertiary/aromatic N) is 1. The molecule has 12 heteroatoms. The van der Waals surface area contributed by atoms with Crippen LogP contribution in [0.3, 0.4) is 0 Å². The number of hydrogen-bond acceptors (Lipinski definition) is 9. The van der Waals surface area contributed by atoms with Crippen LogP contribution in [-0.4, -0.2) is 70.2 Å². The Morgan fingerprint density at radius 2 is 1.61 bits per heavy atom. The molecule has 3 N–H and O–H groups in total. The Bertz CT molecular complexity index is 819. The van der Waals surface area contributed by atoms with Crippen LogP contribution >= 0.6 is 7.82 Å². The summed E-state index contributed by atoms with van der Waals surface area (Å²) in [6.45, 7) is -0.684. The van der Waals surface area contributed by atoms with Crippen LogP contribution in [0.15, 0.2) is 12.2 Å². The number of phosphoric acid groups is 1. The smallest absolute Gasteiger partial charge is 0.320 e. The summed E-state index contributed by atoms with van der Waals surface area (Å²) >= 11 is 0. The van der Waals surface area contributed by atoms with Crippen LogP contribution in [-0.2, 0) is 18.6 Å². The molecule has 5 atom stereocenters. The molecule has 2 saturated heterocycles. The van der Waals surface area contributed by atoms with Crippen molar-refractivity contribution >= 4 is 19.6 Å². The lowest BCUT2D eigenvalue weighted by atomic mass is 9.82. The first kappa shape index (κ1) is 29.2. The molecule has 2 heterocycles. The minimum Gasteiger partial charge on any atom is -0.790 e. The van der Waals surface area contributed by atoms with Gasteiger partial charge in [-0.05, 0) is 31.8 Å². The van der Waals surface area contributed by atoms with Gasteiger partial charge in [0, 0.05) is 6.54 Å². The molecule has 3 rings (SSSR count). The lowest BCUT2D eigenvalue weighted by Gasteiger charge is -2.43. The summed E-state index contributed by atoms with van der Waals surface area (Å²) in [4.78, 5) is 49.1. The molecule has 3 aliphatic rings. The van der Waals surface area contributed by atoms with E-state index in [4.69, 9.17) is 4.74 Å². The SMILES string of the molecule is O=C1NC2(CCCCCCCCCCCCC=CC2=O)CCN1C1OC(COP(=O)([O-])[O-])C(O)C1O. The molecule has 0 bridgehead atoms. The number of ether oxygens (including phenoxy) is 1. The predicted octanol–water partition coefficient (Wildman–Crippen LogP) is 1.25. The van der Waals surface area contributed by atoms with E-state index in [9.17, 15) is 34.2 Å². The number of hydrogen-bond donors (Lipinski definition) is 3. The van der Waals surface area contributed by atoms with Crippen LogP contribution in [0.1, 0.15) is 83.5 Å². The fraction of sp³-hybridized carbons (Fsp3) is 0.833. The van der Waals surface area contributed by atoms with E-state index in [0.29, 0.717) is 12.8 Å². The molecule has 0 aromatic heterocycles. The molecule has 2 amide bonds. The van der Waals surface area contributed by atoms with Gasteiger partial charge in [-0.3, -0.25) is 9.69 Å². The quantitative estimate of drug-likeness (QED) is 0.452. The number of aliphatic hydroxyl groups is 2. The van der Waals surface area contributed by atoms with E-state index in [2.05, 4.69) is 9.84 Å². The number of aliphatic hydroxyl groups excluding tert-OH is 2. The highest BCUT2D eigenvalue weighted by Gasteiger charge is 2.51. The second-order valence-electron chi connectivity index (χ2n) is 10.1. The molecule has 36 heavy (non-hydrogen) atoms. The maximum atomic E-state index is 13.3. The van der Waals surface area contributed by atoms with E-state index in [0.717, 1.165) is 38.5 Å². The van der Waals surface area contributed by atoms with Crippen molar-refractivity contribution in [2.24, 2.45) is 0 Å². The third-order valence-electron chi connectivity index (χ3n) is 7.39. The molecule has 0 aromatic rings. The fourth-order valence-corrected chi connectivity index (χ4v) is 5.56. The third-order valence-corrected chi connectivity index (χ3v) is 7.86. The minimum atomic E-state index is -5.30. The van der Waals surface area contributed by atoms with Crippen molar-refractivity contribution in [2.45, 2.75) is 114 Å². The Labute approximate surface area is 212 Å². The number of amides is 2. The van der Waals surface area contributed by atoms with Crippen molar-refractivity contribution in [2.75, 3.05) is 13.2 Å². The van der Waals surface area contributed by atoms with Gasteiger partial charge in [0.05, 0.1) is 14.4 Å². The molecule has 0 radical (unpaired) electrons. The standard InChI is InChI=1S/C24H41N2O9P/c27-19-13-11-9-7-5-3-1-2-4-6-8-10-12-14-24(19)15-16-26(23(30)25-24)22-21(29)20(28)18(35-22)17-34-36(31,32)33/h11,13,18,20-22,28-29H,1-10,12,14-17H2,(H,25,30)(H2,31,32,33)/p-2. The summed E-state index contributed by atoms with van der Waals surface area (Å²) in [5.41, 5.74) is -1.05. The summed E-state index contributed by atoms with van der Waals surface area (Å²) in [6, 6.07) is -0.617. The van der Waals surface area contributed by atoms with Crippen LogP contribution in [0.4, 0.5) is 4.79 Å². The van der Waals surface area contributed by atoms with Crippen molar-refractivity contribution in [3.63, 3.8) is 0 Å². The molecule has 0 aromatic carbocycles. The lowest BCUT2D eigenvalue weighted by Crippen LogP contribution is -2.66. The van der Waals surface area contributed by atoms with Crippen LogP contribution in [0.5, 0.6) is 0 Å². The van der Waals surface area contributed by atoms with E-state index >= 15 is 0 Å². The van der Waals surface area contributed by atoms with E-state index in [1.165, 1.54) is 37.0 Å². The Morgan fingerprint density at radius 3 is 2.22 bits per heavy atom. The molecule has 1 aliphatic carbocycles. The van der Waals surface area contributed by atoms with Gasteiger partial charge in [-0.15, -0.1) is 0 Å². The first-order valence-electron chi connectivity index (χ1n) is 13.1. The highest BCUT2D eigenvalue weighted by atomic mass is 31.2. The number of urea groups is 1. The summed E-state index contributed by atoms with van der Waals surface area (Å²) < 4.78 is 20.4. The molecule has 0 saturated carbocycles. The number of nitrogens with one attached hydrogen (secondary N) is 1. The Hall–Kier alpha value is -1.33. The topological polar surface area (TPSA) is 172 Å². The van der Waals surface area contributed by atoms with Crippen LogP contribution < -0.4 is 15.1 Å². The van der Waals surface area contributed by atoms with E-state index in [-0.39, 0.29) is 12.3 Å². The second kappa shape index (κ2) is 13.5. The summed E-state index contributed by atoms with van der Waals surface area (Å²) in [6.07, 6.45) is 10.5. The lowest BCUT2D eigenvalue weighted by molar-refractivity contribution is -0.343. The minimum absolute atomic E-state index is 0.0923. The number of carbonyl (C=O) groups excluding carboxylic acids is 2. The molecule has 1 spiro atoms. The molecule has 2 aliphatic heterocycles. The van der Waals surface area contributed by atoms with Gasteiger partial charge in [-0.25, -0.2) is 4.79 Å². The number of rotatable bonds is 4. The zero-order valence-electron chi connectivity index (χ0n) is 20.7. The van der Waals surface area contributed by atoms with Crippen LogP contribution in [0, 0.1) is 0 Å². The zero-order valence-corrected chi connectivity index (χ0v) is 21.6. The van der Waals surface area contributed by atoms with Gasteiger partial charge in [-0.1, -0.05) is 63.9 Å². The highest BCUT2D eigenvalue weighted by molar-refractivity contribution is 7.43. The number of carbonyl (C=O) groups is 2. The Kier molecular flexibility index (Phi) is 10.9. The van der Waals surface area contributed by atoms with Crippen molar-refractivity contribution < 1.29 is 43.4 Å². The molecular formula is C24H39N2O9P-2. The molecule has 11 nitrogen and oxygen atoms in total. The zero-order chi connectivity index (χ0) is 26.2. The number of allylic oxidation sites excluding steroid dienone is 1. The Morgan fingerprint density at radius 1 is 1.00 bits per heavy atom. The molecule has 206 valence electrons. The van der Waals surface area contributed by atoms with E-state index in [1.807, 2.05) is 6.08 Å². The summed E-state index contributed by atoms with van der Waals surface area (Å²) in [5.74, 6) is -0.150. The predicted molar refractivity (Wildman–Crippen MR) is 126 cm³/mol. The van der Waals surface area contributed by atoms with Crippen LogP contribution in [0.2, 0.25) is 0 Å². The van der Waals surface area contributed by atoms with Crippen molar-refractivity contribution in [3.05, 3.63) is 12.2 Å². The van der Waals surface area contributed by atoms with Crippen molar-refractivity contribution in [3.8, 4) is 0 Å². The first-order chi connectivity index (χ1) is 17.1. The summed E-state index contributed by atoms with van der Waals surface area (Å²) in [7, 11) is -5.30. The molecular weight excluding hydrogens is 491 g/mol. The van der Waals surface area contributed by atoms with Crippen molar-refractivity contribution in [1.82, 2.24) is 10.2 Å². The van der Waals surface area contributed by atoms with Gasteiger partial charge in [0.2, 0.25) is 0 Å². The largest absolute Gasteiger partial charge is 0.790 e. The average Bonchev–Trinajstić information content (AvgIpc) is 3.10. The van der Waals surface area contributed by atoms with Gasteiger partial charge in [0.1, 0.15) is 23.9 Å². The molecule has 2 fully saturated rings. The van der Waals surface area contributed by atoms with Gasteiger partial charge < -0.3 is 39.1 Å². The van der Waals surface area contributed by atoms with Crippen LogP contribution in [0.25, 0.3) is 0 Å². The third kappa shape index (κ3) is 8.08. The highest BCUT2D eigenvalue weighted by Crippen LogP contribution is 2.33. The molecule has 5 unspecified atom stereocenters. The number of phosphoric ester groups is 1. The van der Waals surface area contributed by atoms with Gasteiger partial charge in [0.15, 0.2) is 12.0 Å². The van der Waals surface area contributed by atoms with Crippen molar-refractivity contribution in [1.29, 1.82) is 0 Å². The van der Waals surface area contributed by atoms with Gasteiger partial charge in [0.25, 0.3) is 0 Å². The van der Waals surface area contributed by atoms with E-state index < -0.39 is 50.5 Å². The second-order valence-corrected chi connectivity index (χ2v) is 11.2.